The van der Waals surface area contributed by atoms with Crippen molar-refractivity contribution < 1.29 is 32.2 Å². The molecule has 1 N–H and O–H groups in total. The second kappa shape index (κ2) is 8.97. The molecule has 26 heavy (non-hydrogen) atoms. The summed E-state index contributed by atoms with van der Waals surface area (Å²) < 4.78 is 41.8. The molecule has 1 aromatic rings. The lowest BCUT2D eigenvalue weighted by atomic mass is 10.3. The van der Waals surface area contributed by atoms with Gasteiger partial charge in [-0.15, -0.1) is 0 Å². The van der Waals surface area contributed by atoms with Gasteiger partial charge in [-0.05, 0) is 31.2 Å². The van der Waals surface area contributed by atoms with Gasteiger partial charge in [0.1, 0.15) is 11.8 Å². The Morgan fingerprint density at radius 3 is 2.42 bits per heavy atom. The number of nitrogens with zero attached hydrogens (tertiary/aromatic N) is 1. The number of hydrogen-bond donors (Lipinski definition) is 1. The van der Waals surface area contributed by atoms with Crippen molar-refractivity contribution in [3.8, 4) is 5.75 Å². The Hall–Kier alpha value is -2.17. The molecule has 1 heterocycles. The molecule has 0 spiro atoms. The molecule has 9 nitrogen and oxygen atoms in total. The van der Waals surface area contributed by atoms with E-state index in [4.69, 9.17) is 14.2 Å². The maximum atomic E-state index is 12.3. The van der Waals surface area contributed by atoms with Crippen molar-refractivity contribution in [2.75, 3.05) is 40.0 Å². The Labute approximate surface area is 152 Å². The van der Waals surface area contributed by atoms with Gasteiger partial charge in [0.25, 0.3) is 5.91 Å². The van der Waals surface area contributed by atoms with Crippen molar-refractivity contribution >= 4 is 21.9 Å². The number of rotatable bonds is 7. The number of carbonyl (C=O) groups excluding carboxylic acids is 2. The smallest absolute Gasteiger partial charge is 0.324 e. The normalized spacial score (nSPS) is 16.0. The van der Waals surface area contributed by atoms with Gasteiger partial charge in [0.05, 0.1) is 25.2 Å². The number of methoxy groups -OCH3 is 1. The number of nitrogens with one attached hydrogen (secondary N) is 1. The summed E-state index contributed by atoms with van der Waals surface area (Å²) in [6, 6.07) is 4.58. The van der Waals surface area contributed by atoms with Crippen LogP contribution in [0.3, 0.4) is 0 Å². The summed E-state index contributed by atoms with van der Waals surface area (Å²) in [5, 5.41) is 0. The van der Waals surface area contributed by atoms with Crippen molar-refractivity contribution in [3.05, 3.63) is 24.3 Å². The quantitative estimate of drug-likeness (QED) is 0.644. The second-order valence-corrected chi connectivity index (χ2v) is 7.33. The fraction of sp³-hybridized carbons (Fsp3) is 0.500. The van der Waals surface area contributed by atoms with E-state index < -0.39 is 28.6 Å². The molecular formula is C16H22N2O7S. The predicted molar refractivity (Wildman–Crippen MR) is 91.1 cm³/mol. The van der Waals surface area contributed by atoms with Crippen molar-refractivity contribution in [2.24, 2.45) is 0 Å². The van der Waals surface area contributed by atoms with E-state index in [1.807, 2.05) is 0 Å². The minimum absolute atomic E-state index is 0.0117. The van der Waals surface area contributed by atoms with Crippen LogP contribution in [0.5, 0.6) is 5.75 Å². The summed E-state index contributed by atoms with van der Waals surface area (Å²) in [6.07, 6.45) is 0. The zero-order valence-electron chi connectivity index (χ0n) is 14.6. The third-order valence-corrected chi connectivity index (χ3v) is 5.31. The average molecular weight is 386 g/mol. The molecule has 1 unspecified atom stereocenters. The average Bonchev–Trinajstić information content (AvgIpc) is 2.66. The van der Waals surface area contributed by atoms with Crippen LogP contribution in [-0.2, 0) is 29.1 Å². The highest BCUT2D eigenvalue weighted by molar-refractivity contribution is 7.89. The van der Waals surface area contributed by atoms with Crippen molar-refractivity contribution in [1.82, 2.24) is 9.62 Å². The molecule has 1 aliphatic rings. The fourth-order valence-corrected chi connectivity index (χ4v) is 3.46. The molecule has 144 valence electrons. The Kier molecular flexibility index (Phi) is 6.95. The number of morpholine rings is 1. The largest absolute Gasteiger partial charge is 0.497 e. The number of esters is 1. The minimum Gasteiger partial charge on any atom is -0.497 e. The summed E-state index contributed by atoms with van der Waals surface area (Å²) in [5.74, 6) is -0.659. The maximum Gasteiger partial charge on any atom is 0.324 e. The Balaban J connectivity index is 1.87. The number of sulfonamides is 1. The van der Waals surface area contributed by atoms with Gasteiger partial charge in [-0.3, -0.25) is 9.59 Å². The zero-order valence-corrected chi connectivity index (χ0v) is 15.5. The molecule has 0 saturated carbocycles. The number of hydrogen-bond acceptors (Lipinski definition) is 7. The zero-order chi connectivity index (χ0) is 19.2. The first-order valence-corrected chi connectivity index (χ1v) is 9.50. The van der Waals surface area contributed by atoms with Crippen LogP contribution in [0.15, 0.2) is 29.2 Å². The first-order chi connectivity index (χ1) is 12.3. The molecule has 1 aromatic carbocycles. The Bertz CT molecular complexity index is 727. The Morgan fingerprint density at radius 1 is 1.23 bits per heavy atom. The first-order valence-electron chi connectivity index (χ1n) is 8.02. The highest BCUT2D eigenvalue weighted by atomic mass is 32.2. The van der Waals surface area contributed by atoms with E-state index in [0.29, 0.717) is 32.1 Å². The number of ether oxygens (including phenoxy) is 3. The lowest BCUT2D eigenvalue weighted by Gasteiger charge is -2.26. The van der Waals surface area contributed by atoms with Crippen LogP contribution in [0.25, 0.3) is 0 Å². The molecule has 0 aromatic heterocycles. The molecule has 0 radical (unpaired) electrons. The minimum atomic E-state index is -3.91. The highest BCUT2D eigenvalue weighted by Crippen LogP contribution is 2.15. The SMILES string of the molecule is COc1ccc(S(=O)(=O)NC(C)C(=O)OCC(=O)N2CCOCC2)cc1. The van der Waals surface area contributed by atoms with Crippen LogP contribution < -0.4 is 9.46 Å². The van der Waals surface area contributed by atoms with Crippen LogP contribution in [0.4, 0.5) is 0 Å². The molecular weight excluding hydrogens is 364 g/mol. The maximum absolute atomic E-state index is 12.3. The van der Waals surface area contributed by atoms with E-state index in [1.54, 1.807) is 0 Å². The fourth-order valence-electron chi connectivity index (χ4n) is 2.27. The third-order valence-electron chi connectivity index (χ3n) is 3.76. The van der Waals surface area contributed by atoms with E-state index in [9.17, 15) is 18.0 Å². The molecule has 1 atom stereocenters. The lowest BCUT2D eigenvalue weighted by Crippen LogP contribution is -2.44. The van der Waals surface area contributed by atoms with Gasteiger partial charge in [0.15, 0.2) is 6.61 Å². The molecule has 1 aliphatic heterocycles. The van der Waals surface area contributed by atoms with Gasteiger partial charge in [-0.1, -0.05) is 0 Å². The van der Waals surface area contributed by atoms with E-state index in [2.05, 4.69) is 4.72 Å². The van der Waals surface area contributed by atoms with Crippen LogP contribution in [-0.4, -0.2) is 71.3 Å². The molecule has 1 saturated heterocycles. The summed E-state index contributed by atoms with van der Waals surface area (Å²) in [7, 11) is -2.44. The van der Waals surface area contributed by atoms with Crippen LogP contribution in [0, 0.1) is 0 Å². The third kappa shape index (κ3) is 5.41. The predicted octanol–water partition coefficient (Wildman–Crippen LogP) is -0.236. The van der Waals surface area contributed by atoms with Crippen LogP contribution in [0.1, 0.15) is 6.92 Å². The van der Waals surface area contributed by atoms with Crippen molar-refractivity contribution in [1.29, 1.82) is 0 Å². The molecule has 10 heteroatoms. The van der Waals surface area contributed by atoms with E-state index in [1.165, 1.54) is 43.2 Å². The molecule has 0 bridgehead atoms. The molecule has 1 amide bonds. The van der Waals surface area contributed by atoms with Crippen LogP contribution in [0.2, 0.25) is 0 Å². The van der Waals surface area contributed by atoms with Crippen molar-refractivity contribution in [3.63, 3.8) is 0 Å². The number of benzene rings is 1. The molecule has 2 rings (SSSR count). The molecule has 1 fully saturated rings. The van der Waals surface area contributed by atoms with Gasteiger partial charge in [-0.25, -0.2) is 8.42 Å². The highest BCUT2D eigenvalue weighted by Gasteiger charge is 2.25. The monoisotopic (exact) mass is 386 g/mol. The first kappa shape index (κ1) is 20.1. The van der Waals surface area contributed by atoms with Crippen LogP contribution >= 0.6 is 0 Å². The van der Waals surface area contributed by atoms with Gasteiger partial charge in [-0.2, -0.15) is 4.72 Å². The Morgan fingerprint density at radius 2 is 1.85 bits per heavy atom. The van der Waals surface area contributed by atoms with Gasteiger partial charge < -0.3 is 19.1 Å². The summed E-state index contributed by atoms with van der Waals surface area (Å²) in [5.41, 5.74) is 0. The summed E-state index contributed by atoms with van der Waals surface area (Å²) in [6.45, 7) is 2.68. The van der Waals surface area contributed by atoms with E-state index in [0.717, 1.165) is 0 Å². The summed E-state index contributed by atoms with van der Waals surface area (Å²) in [4.78, 5) is 25.4. The van der Waals surface area contributed by atoms with Gasteiger partial charge in [0.2, 0.25) is 10.0 Å². The van der Waals surface area contributed by atoms with Crippen molar-refractivity contribution in [2.45, 2.75) is 17.9 Å². The van der Waals surface area contributed by atoms with E-state index >= 15 is 0 Å². The van der Waals surface area contributed by atoms with Gasteiger partial charge >= 0.3 is 5.97 Å². The number of amides is 1. The number of carbonyl (C=O) groups is 2. The standard InChI is InChI=1S/C16H22N2O7S/c1-12(16(20)25-11-15(19)18-7-9-24-10-8-18)17-26(21,22)14-5-3-13(23-2)4-6-14/h3-6,12,17H,7-11H2,1-2H3. The molecule has 0 aliphatic carbocycles. The topological polar surface area (TPSA) is 111 Å². The second-order valence-electron chi connectivity index (χ2n) is 5.62. The summed E-state index contributed by atoms with van der Waals surface area (Å²) >= 11 is 0. The lowest BCUT2D eigenvalue weighted by molar-refractivity contribution is -0.154. The van der Waals surface area contributed by atoms with Gasteiger partial charge in [0, 0.05) is 13.1 Å². The van der Waals surface area contributed by atoms with E-state index in [-0.39, 0.29) is 10.8 Å².